The monoisotopic (exact) mass is 460 g/mol. The van der Waals surface area contributed by atoms with Crippen molar-refractivity contribution in [1.29, 1.82) is 0 Å². The topological polar surface area (TPSA) is 80.7 Å². The van der Waals surface area contributed by atoms with Crippen LogP contribution in [-0.2, 0) is 19.1 Å². The average molecular weight is 461 g/mol. The molecule has 0 aromatic heterocycles. The molecule has 10 atom stereocenters. The van der Waals surface area contributed by atoms with E-state index in [1.54, 1.807) is 0 Å². The third-order valence-corrected chi connectivity index (χ3v) is 11.5. The van der Waals surface area contributed by atoms with Gasteiger partial charge in [-0.15, -0.1) is 0 Å². The van der Waals surface area contributed by atoms with Crippen LogP contribution in [-0.4, -0.2) is 28.9 Å². The molecule has 0 radical (unpaired) electrons. The minimum Gasteiger partial charge on any atom is -0.481 e. The van der Waals surface area contributed by atoms with E-state index in [4.69, 9.17) is 4.74 Å². The first kappa shape index (κ1) is 24.7. The number of esters is 1. The second-order valence-electron chi connectivity index (χ2n) is 12.7. The lowest BCUT2D eigenvalue weighted by atomic mass is 9.37. The number of carboxylic acids is 1. The van der Waals surface area contributed by atoms with Crippen LogP contribution >= 0.6 is 0 Å². The van der Waals surface area contributed by atoms with Gasteiger partial charge in [0.2, 0.25) is 0 Å². The van der Waals surface area contributed by atoms with Gasteiger partial charge in [0, 0.05) is 25.2 Å². The molecule has 0 saturated heterocycles. The maximum Gasteiger partial charge on any atom is 0.303 e. The zero-order valence-electron chi connectivity index (χ0n) is 21.5. The lowest BCUT2D eigenvalue weighted by Crippen LogP contribution is -2.65. The number of ketones is 1. The van der Waals surface area contributed by atoms with Crippen molar-refractivity contribution >= 4 is 17.7 Å². The highest BCUT2D eigenvalue weighted by Crippen LogP contribution is 2.72. The van der Waals surface area contributed by atoms with Gasteiger partial charge >= 0.3 is 11.9 Å². The van der Waals surface area contributed by atoms with Gasteiger partial charge in [0.1, 0.15) is 11.9 Å². The van der Waals surface area contributed by atoms with Crippen LogP contribution < -0.4 is 0 Å². The molecule has 0 aliphatic heterocycles. The second-order valence-corrected chi connectivity index (χ2v) is 12.7. The maximum absolute atomic E-state index is 14.3. The van der Waals surface area contributed by atoms with Gasteiger partial charge in [-0.1, -0.05) is 34.6 Å². The van der Waals surface area contributed by atoms with Gasteiger partial charge in [-0.25, -0.2) is 0 Å². The van der Waals surface area contributed by atoms with Crippen molar-refractivity contribution in [3.05, 3.63) is 0 Å². The lowest BCUT2D eigenvalue weighted by Gasteiger charge is -2.67. The average Bonchev–Trinajstić information content (AvgIpc) is 3.06. The molecule has 0 spiro atoms. The molecule has 0 bridgehead atoms. The van der Waals surface area contributed by atoms with Gasteiger partial charge in [-0.05, 0) is 91.3 Å². The molecule has 0 amide bonds. The molecule has 1 N–H and O–H groups in total. The molecule has 3 unspecified atom stereocenters. The Kier molecular flexibility index (Phi) is 6.27. The molecule has 4 fully saturated rings. The number of aliphatic carboxylic acids is 1. The molecule has 0 heterocycles. The highest BCUT2D eigenvalue weighted by Gasteiger charge is 2.69. The molecular weight excluding hydrogens is 416 g/mol. The summed E-state index contributed by atoms with van der Waals surface area (Å²) in [5.41, 5.74) is -0.0290. The number of hydrogen-bond donors (Lipinski definition) is 1. The Morgan fingerprint density at radius 1 is 1.06 bits per heavy atom. The zero-order valence-corrected chi connectivity index (χ0v) is 21.5. The van der Waals surface area contributed by atoms with Crippen LogP contribution in [0.3, 0.4) is 0 Å². The molecule has 5 heteroatoms. The van der Waals surface area contributed by atoms with Crippen molar-refractivity contribution in [3.63, 3.8) is 0 Å². The van der Waals surface area contributed by atoms with Crippen LogP contribution in [0.2, 0.25) is 0 Å². The quantitative estimate of drug-likeness (QED) is 0.517. The fourth-order valence-electron chi connectivity index (χ4n) is 9.88. The van der Waals surface area contributed by atoms with Crippen LogP contribution in [0, 0.1) is 51.8 Å². The van der Waals surface area contributed by atoms with E-state index in [-0.39, 0.29) is 52.5 Å². The van der Waals surface area contributed by atoms with E-state index < -0.39 is 5.97 Å². The summed E-state index contributed by atoms with van der Waals surface area (Å²) in [6.45, 7) is 12.9. The number of ether oxygens (including phenoxy) is 1. The van der Waals surface area contributed by atoms with E-state index in [9.17, 15) is 19.5 Å². The van der Waals surface area contributed by atoms with Crippen LogP contribution in [0.1, 0.15) is 99.3 Å². The second kappa shape index (κ2) is 8.37. The van der Waals surface area contributed by atoms with Gasteiger partial charge in [0.05, 0.1) is 0 Å². The Morgan fingerprint density at radius 2 is 1.76 bits per heavy atom. The first-order chi connectivity index (χ1) is 15.4. The van der Waals surface area contributed by atoms with Gasteiger partial charge in [-0.3, -0.25) is 14.4 Å². The Morgan fingerprint density at radius 3 is 2.36 bits per heavy atom. The summed E-state index contributed by atoms with van der Waals surface area (Å²) < 4.78 is 5.67. The maximum atomic E-state index is 14.3. The molecule has 0 aromatic rings. The SMILES string of the molecule is CC[C@H]1C(=O)C2C3CC[C@H]([C@H](C)CC(=O)O)[C@@]3(C)CCC2[C@@]2(C)CC[C@@H](OC(C)=O)C[C@@]12C. The van der Waals surface area contributed by atoms with Gasteiger partial charge < -0.3 is 9.84 Å². The fourth-order valence-corrected chi connectivity index (χ4v) is 9.88. The zero-order chi connectivity index (χ0) is 24.3. The van der Waals surface area contributed by atoms with Crippen molar-refractivity contribution in [3.8, 4) is 0 Å². The molecule has 5 nitrogen and oxygen atoms in total. The standard InChI is InChI=1S/C28H44O5/c1-7-19-25(32)24-21-9-8-20(16(2)14-23(30)31)26(21,4)12-11-22(24)27(5)13-10-18(33-17(3)29)15-28(19,27)6/h16,18-22,24H,7-15H2,1-6H3,(H,30,31)/t16-,18-,19+,20-,21?,22?,24?,26-,27-,28+/m1/s1. The number of hydrogen-bond acceptors (Lipinski definition) is 4. The first-order valence-corrected chi connectivity index (χ1v) is 13.3. The Labute approximate surface area is 199 Å². The number of carboxylic acid groups (broad SMARTS) is 1. The summed E-state index contributed by atoms with van der Waals surface area (Å²) >= 11 is 0. The summed E-state index contributed by atoms with van der Waals surface area (Å²) in [5.74, 6) is 0.890. The molecule has 186 valence electrons. The third kappa shape index (κ3) is 3.58. The Hall–Kier alpha value is -1.39. The van der Waals surface area contributed by atoms with E-state index in [1.807, 2.05) is 0 Å². The van der Waals surface area contributed by atoms with Crippen molar-refractivity contribution in [2.24, 2.45) is 51.8 Å². The van der Waals surface area contributed by atoms with Crippen molar-refractivity contribution < 1.29 is 24.2 Å². The van der Waals surface area contributed by atoms with Gasteiger partial charge in [0.25, 0.3) is 0 Å². The highest BCUT2D eigenvalue weighted by atomic mass is 16.5. The smallest absolute Gasteiger partial charge is 0.303 e. The van der Waals surface area contributed by atoms with Crippen LogP contribution in [0.15, 0.2) is 0 Å². The highest BCUT2D eigenvalue weighted by molar-refractivity contribution is 5.86. The minimum atomic E-state index is -0.712. The van der Waals surface area contributed by atoms with E-state index in [0.29, 0.717) is 23.5 Å². The van der Waals surface area contributed by atoms with E-state index in [0.717, 1.165) is 51.4 Å². The van der Waals surface area contributed by atoms with E-state index in [1.165, 1.54) is 6.92 Å². The summed E-state index contributed by atoms with van der Waals surface area (Å²) in [4.78, 5) is 37.4. The summed E-state index contributed by atoms with van der Waals surface area (Å²) in [6.07, 6.45) is 7.91. The molecular formula is C28H44O5. The van der Waals surface area contributed by atoms with Crippen molar-refractivity contribution in [2.75, 3.05) is 0 Å². The normalized spacial score (nSPS) is 47.8. The Bertz CT molecular complexity index is 821. The number of carbonyl (C=O) groups is 3. The summed E-state index contributed by atoms with van der Waals surface area (Å²) in [5, 5.41) is 9.40. The van der Waals surface area contributed by atoms with Crippen LogP contribution in [0.5, 0.6) is 0 Å². The van der Waals surface area contributed by atoms with Crippen LogP contribution in [0.4, 0.5) is 0 Å². The fraction of sp³-hybridized carbons (Fsp3) is 0.893. The van der Waals surface area contributed by atoms with Gasteiger partial charge in [-0.2, -0.15) is 0 Å². The van der Waals surface area contributed by atoms with E-state index >= 15 is 0 Å². The molecule has 4 aliphatic carbocycles. The lowest BCUT2D eigenvalue weighted by molar-refractivity contribution is -0.204. The van der Waals surface area contributed by atoms with Gasteiger partial charge in [0.15, 0.2) is 0 Å². The van der Waals surface area contributed by atoms with Crippen LogP contribution in [0.25, 0.3) is 0 Å². The summed E-state index contributed by atoms with van der Waals surface area (Å²) in [7, 11) is 0. The molecule has 33 heavy (non-hydrogen) atoms. The minimum absolute atomic E-state index is 0.0000452. The number of rotatable bonds is 5. The largest absolute Gasteiger partial charge is 0.481 e. The van der Waals surface area contributed by atoms with Crippen molar-refractivity contribution in [2.45, 2.75) is 105 Å². The van der Waals surface area contributed by atoms with Crippen molar-refractivity contribution in [1.82, 2.24) is 0 Å². The molecule has 4 rings (SSSR count). The molecule has 0 aromatic carbocycles. The predicted molar refractivity (Wildman–Crippen MR) is 126 cm³/mol. The molecule has 4 aliphatic rings. The number of carbonyl (C=O) groups excluding carboxylic acids is 2. The number of Topliss-reactive ketones (excluding diaryl/α,β-unsaturated/α-hetero) is 1. The number of fused-ring (bicyclic) bond motifs is 5. The summed E-state index contributed by atoms with van der Waals surface area (Å²) in [6, 6.07) is 0. The molecule has 4 saturated carbocycles. The third-order valence-electron chi connectivity index (χ3n) is 11.5. The Balaban J connectivity index is 1.67. The van der Waals surface area contributed by atoms with E-state index in [2.05, 4.69) is 34.6 Å². The first-order valence-electron chi connectivity index (χ1n) is 13.3. The predicted octanol–water partition coefficient (Wildman–Crippen LogP) is 5.89.